The highest BCUT2D eigenvalue weighted by atomic mass is 32.1. The van der Waals surface area contributed by atoms with Crippen molar-refractivity contribution in [1.82, 2.24) is 20.0 Å². The molecule has 1 aliphatic carbocycles. The van der Waals surface area contributed by atoms with Gasteiger partial charge < -0.3 is 5.73 Å². The maximum atomic E-state index is 5.48. The van der Waals surface area contributed by atoms with Crippen LogP contribution in [0, 0.1) is 0 Å². The van der Waals surface area contributed by atoms with E-state index < -0.39 is 0 Å². The second-order valence-electron chi connectivity index (χ2n) is 3.64. The van der Waals surface area contributed by atoms with Crippen LogP contribution in [0.4, 0.5) is 0 Å². The second kappa shape index (κ2) is 3.39. The first-order chi connectivity index (χ1) is 7.36. The molecular weight excluding hydrogens is 210 g/mol. The van der Waals surface area contributed by atoms with Gasteiger partial charge in [0, 0.05) is 18.7 Å². The lowest BCUT2D eigenvalue weighted by molar-refractivity contribution is 0.810. The fraction of sp³-hybridized carbons (Fsp3) is 0.444. The van der Waals surface area contributed by atoms with Gasteiger partial charge in [0.2, 0.25) is 5.13 Å². The minimum absolute atomic E-state index is 0.439. The monoisotopic (exact) mass is 221 g/mol. The zero-order chi connectivity index (χ0) is 10.3. The Bertz CT molecular complexity index is 470. The van der Waals surface area contributed by atoms with E-state index in [0.717, 1.165) is 10.1 Å². The van der Waals surface area contributed by atoms with Gasteiger partial charge in [0.05, 0.1) is 5.69 Å². The van der Waals surface area contributed by atoms with E-state index in [9.17, 15) is 0 Å². The largest absolute Gasteiger partial charge is 0.324 e. The lowest BCUT2D eigenvalue weighted by atomic mass is 10.3. The smallest absolute Gasteiger partial charge is 0.232 e. The molecule has 1 fully saturated rings. The Morgan fingerprint density at radius 2 is 2.33 bits per heavy atom. The molecule has 3 rings (SSSR count). The molecule has 2 heterocycles. The lowest BCUT2D eigenvalue weighted by Gasteiger charge is -1.91. The molecule has 78 valence electrons. The summed E-state index contributed by atoms with van der Waals surface area (Å²) in [5.41, 5.74) is 6.65. The standard InChI is InChI=1S/C9H11N5S/c10-5-8-11-12-9(15-8)14-4-3-7(13-14)6-1-2-6/h3-4,6H,1-2,5,10H2. The normalized spacial score (nSPS) is 15.8. The van der Waals surface area contributed by atoms with E-state index in [1.165, 1.54) is 29.9 Å². The highest BCUT2D eigenvalue weighted by molar-refractivity contribution is 7.13. The molecule has 0 unspecified atom stereocenters. The first-order valence-electron chi connectivity index (χ1n) is 4.95. The van der Waals surface area contributed by atoms with Crippen LogP contribution in [0.3, 0.4) is 0 Å². The summed E-state index contributed by atoms with van der Waals surface area (Å²) >= 11 is 1.48. The van der Waals surface area contributed by atoms with Crippen LogP contribution in [0.15, 0.2) is 12.3 Å². The van der Waals surface area contributed by atoms with E-state index >= 15 is 0 Å². The Hall–Kier alpha value is -1.27. The van der Waals surface area contributed by atoms with Crippen molar-refractivity contribution < 1.29 is 0 Å². The highest BCUT2D eigenvalue weighted by Gasteiger charge is 2.26. The molecule has 15 heavy (non-hydrogen) atoms. The van der Waals surface area contributed by atoms with Gasteiger partial charge in [0.25, 0.3) is 0 Å². The molecule has 6 heteroatoms. The predicted octanol–water partition coefficient (Wildman–Crippen LogP) is 1.06. The maximum absolute atomic E-state index is 5.48. The first kappa shape index (κ1) is 8.99. The SMILES string of the molecule is NCc1nnc(-n2ccc(C3CC3)n2)s1. The van der Waals surface area contributed by atoms with Gasteiger partial charge in [0.1, 0.15) is 5.01 Å². The number of nitrogens with zero attached hydrogens (tertiary/aromatic N) is 4. The molecule has 0 radical (unpaired) electrons. The van der Waals surface area contributed by atoms with E-state index in [2.05, 4.69) is 21.4 Å². The molecule has 0 aromatic carbocycles. The van der Waals surface area contributed by atoms with Crippen molar-refractivity contribution >= 4 is 11.3 Å². The Labute approximate surface area is 90.9 Å². The molecule has 2 aromatic rings. The predicted molar refractivity (Wildman–Crippen MR) is 56.9 cm³/mol. The van der Waals surface area contributed by atoms with Crippen molar-refractivity contribution in [2.45, 2.75) is 25.3 Å². The van der Waals surface area contributed by atoms with Gasteiger partial charge in [-0.15, -0.1) is 10.2 Å². The van der Waals surface area contributed by atoms with Crippen LogP contribution >= 0.6 is 11.3 Å². The van der Waals surface area contributed by atoms with Crippen molar-refractivity contribution in [1.29, 1.82) is 0 Å². The Kier molecular flexibility index (Phi) is 2.03. The summed E-state index contributed by atoms with van der Waals surface area (Å²) in [4.78, 5) is 0. The third-order valence-corrected chi connectivity index (χ3v) is 3.37. The summed E-state index contributed by atoms with van der Waals surface area (Å²) in [7, 11) is 0. The van der Waals surface area contributed by atoms with E-state index in [4.69, 9.17) is 5.73 Å². The first-order valence-corrected chi connectivity index (χ1v) is 5.77. The van der Waals surface area contributed by atoms with Crippen LogP contribution in [0.25, 0.3) is 5.13 Å². The highest BCUT2D eigenvalue weighted by Crippen LogP contribution is 2.39. The topological polar surface area (TPSA) is 69.6 Å². The number of rotatable bonds is 3. The van der Waals surface area contributed by atoms with Gasteiger partial charge in [-0.25, -0.2) is 4.68 Å². The number of nitrogens with two attached hydrogens (primary N) is 1. The van der Waals surface area contributed by atoms with Gasteiger partial charge in [0.15, 0.2) is 0 Å². The number of aromatic nitrogens is 4. The van der Waals surface area contributed by atoms with Gasteiger partial charge >= 0.3 is 0 Å². The molecule has 0 aliphatic heterocycles. The van der Waals surface area contributed by atoms with Crippen molar-refractivity contribution in [3.8, 4) is 5.13 Å². The fourth-order valence-corrected chi connectivity index (χ4v) is 2.11. The van der Waals surface area contributed by atoms with Gasteiger partial charge in [-0.05, 0) is 18.9 Å². The quantitative estimate of drug-likeness (QED) is 0.841. The molecule has 0 spiro atoms. The van der Waals surface area contributed by atoms with Crippen molar-refractivity contribution in [2.75, 3.05) is 0 Å². The Balaban J connectivity index is 1.90. The zero-order valence-electron chi connectivity index (χ0n) is 8.13. The number of hydrogen-bond acceptors (Lipinski definition) is 5. The molecule has 1 saturated carbocycles. The molecule has 5 nitrogen and oxygen atoms in total. The number of hydrogen-bond donors (Lipinski definition) is 1. The van der Waals surface area contributed by atoms with Crippen LogP contribution < -0.4 is 5.73 Å². The second-order valence-corrected chi connectivity index (χ2v) is 4.68. The van der Waals surface area contributed by atoms with Gasteiger partial charge in [-0.3, -0.25) is 0 Å². The van der Waals surface area contributed by atoms with Crippen LogP contribution in [-0.4, -0.2) is 20.0 Å². The van der Waals surface area contributed by atoms with Crippen LogP contribution in [-0.2, 0) is 6.54 Å². The molecule has 0 amide bonds. The van der Waals surface area contributed by atoms with Crippen LogP contribution in [0.2, 0.25) is 0 Å². The summed E-state index contributed by atoms with van der Waals surface area (Å²) in [5.74, 6) is 0.674. The summed E-state index contributed by atoms with van der Waals surface area (Å²) < 4.78 is 1.78. The average molecular weight is 221 g/mol. The van der Waals surface area contributed by atoms with E-state index in [0.29, 0.717) is 12.5 Å². The molecule has 2 aromatic heterocycles. The summed E-state index contributed by atoms with van der Waals surface area (Å²) in [5, 5.41) is 14.1. The van der Waals surface area contributed by atoms with E-state index in [1.54, 1.807) is 4.68 Å². The lowest BCUT2D eigenvalue weighted by Crippen LogP contribution is -1.94. The zero-order valence-corrected chi connectivity index (χ0v) is 8.94. The third-order valence-electron chi connectivity index (χ3n) is 2.43. The summed E-state index contributed by atoms with van der Waals surface area (Å²) in [6.45, 7) is 0.439. The minimum atomic E-state index is 0.439. The molecular formula is C9H11N5S. The van der Waals surface area contributed by atoms with Crippen molar-refractivity contribution in [2.24, 2.45) is 5.73 Å². The van der Waals surface area contributed by atoms with E-state index in [-0.39, 0.29) is 0 Å². The Morgan fingerprint density at radius 1 is 1.47 bits per heavy atom. The summed E-state index contributed by atoms with van der Waals surface area (Å²) in [6, 6.07) is 2.06. The fourth-order valence-electron chi connectivity index (χ4n) is 1.46. The van der Waals surface area contributed by atoms with Crippen LogP contribution in [0.5, 0.6) is 0 Å². The van der Waals surface area contributed by atoms with Gasteiger partial charge in [-0.2, -0.15) is 5.10 Å². The molecule has 2 N–H and O–H groups in total. The van der Waals surface area contributed by atoms with Gasteiger partial charge in [-0.1, -0.05) is 11.3 Å². The summed E-state index contributed by atoms with van der Waals surface area (Å²) in [6.07, 6.45) is 4.47. The molecule has 0 saturated heterocycles. The maximum Gasteiger partial charge on any atom is 0.232 e. The van der Waals surface area contributed by atoms with E-state index in [1.807, 2.05) is 6.20 Å². The average Bonchev–Trinajstić information content (AvgIpc) is 2.84. The molecule has 0 atom stereocenters. The Morgan fingerprint density at radius 3 is 3.00 bits per heavy atom. The third kappa shape index (κ3) is 1.66. The molecule has 1 aliphatic rings. The minimum Gasteiger partial charge on any atom is -0.324 e. The van der Waals surface area contributed by atoms with Crippen molar-refractivity contribution in [3.63, 3.8) is 0 Å². The molecule has 0 bridgehead atoms. The van der Waals surface area contributed by atoms with Crippen LogP contribution in [0.1, 0.15) is 29.5 Å². The van der Waals surface area contributed by atoms with Crippen molar-refractivity contribution in [3.05, 3.63) is 23.0 Å².